The molecule has 1 aromatic rings. The highest BCUT2D eigenvalue weighted by Crippen LogP contribution is 2.29. The Kier molecular flexibility index (Phi) is 2.84. The van der Waals surface area contributed by atoms with Gasteiger partial charge in [0.2, 0.25) is 0 Å². The first-order chi connectivity index (χ1) is 6.45. The number of hydrogen-bond donors (Lipinski definition) is 1. The minimum Gasteiger partial charge on any atom is -0.515 e. The van der Waals surface area contributed by atoms with Crippen LogP contribution in [-0.4, -0.2) is 5.11 Å². The number of benzene rings is 1. The molecule has 1 N–H and O–H groups in total. The van der Waals surface area contributed by atoms with Crippen molar-refractivity contribution < 1.29 is 18.3 Å². The average Bonchev–Trinajstić information content (AvgIpc) is 2.15. The van der Waals surface area contributed by atoms with Crippen molar-refractivity contribution in [1.82, 2.24) is 0 Å². The maximum Gasteiger partial charge on any atom is 0.416 e. The molecule has 0 spiro atoms. The second-order valence-corrected chi connectivity index (χ2v) is 2.89. The zero-order valence-corrected chi connectivity index (χ0v) is 7.47. The summed E-state index contributed by atoms with van der Waals surface area (Å²) in [5.74, 6) is 0. The first-order valence-corrected chi connectivity index (χ1v) is 3.94. The molecule has 0 unspecified atom stereocenters. The lowest BCUT2D eigenvalue weighted by Gasteiger charge is -2.07. The summed E-state index contributed by atoms with van der Waals surface area (Å²) in [6.07, 6.45) is -3.45. The van der Waals surface area contributed by atoms with Gasteiger partial charge in [-0.05, 0) is 30.2 Å². The second-order valence-electron chi connectivity index (χ2n) is 2.89. The fourth-order valence-corrected chi connectivity index (χ4v) is 0.997. The van der Waals surface area contributed by atoms with Crippen molar-refractivity contribution in [1.29, 1.82) is 0 Å². The topological polar surface area (TPSA) is 20.2 Å². The second kappa shape index (κ2) is 3.74. The Hall–Kier alpha value is -1.45. The Morgan fingerprint density at radius 2 is 1.71 bits per heavy atom. The quantitative estimate of drug-likeness (QED) is 0.689. The van der Waals surface area contributed by atoms with Gasteiger partial charge < -0.3 is 5.11 Å². The van der Waals surface area contributed by atoms with Gasteiger partial charge in [-0.15, -0.1) is 0 Å². The van der Waals surface area contributed by atoms with Crippen LogP contribution in [0, 0.1) is 0 Å². The maximum absolute atomic E-state index is 12.1. The van der Waals surface area contributed by atoms with E-state index in [2.05, 4.69) is 0 Å². The highest BCUT2D eigenvalue weighted by atomic mass is 19.4. The largest absolute Gasteiger partial charge is 0.515 e. The third kappa shape index (κ3) is 2.28. The number of alkyl halides is 3. The highest BCUT2D eigenvalue weighted by Gasteiger charge is 2.29. The molecule has 0 aromatic heterocycles. The van der Waals surface area contributed by atoms with E-state index >= 15 is 0 Å². The molecule has 0 amide bonds. The lowest BCUT2D eigenvalue weighted by atomic mass is 10.1. The molecule has 0 aliphatic heterocycles. The monoisotopic (exact) mass is 202 g/mol. The van der Waals surface area contributed by atoms with Crippen molar-refractivity contribution in [2.45, 2.75) is 13.1 Å². The van der Waals surface area contributed by atoms with Crippen LogP contribution in [0.2, 0.25) is 0 Å². The molecule has 1 aromatic carbocycles. The molecule has 1 nitrogen and oxygen atoms in total. The van der Waals surface area contributed by atoms with Crippen LogP contribution in [0.4, 0.5) is 13.2 Å². The predicted molar refractivity (Wildman–Crippen MR) is 47.7 cm³/mol. The number of rotatable bonds is 1. The van der Waals surface area contributed by atoms with Gasteiger partial charge in [0.15, 0.2) is 0 Å². The highest BCUT2D eigenvalue weighted by molar-refractivity contribution is 5.62. The first kappa shape index (κ1) is 10.6. The lowest BCUT2D eigenvalue weighted by molar-refractivity contribution is -0.137. The summed E-state index contributed by atoms with van der Waals surface area (Å²) >= 11 is 0. The van der Waals surface area contributed by atoms with Gasteiger partial charge in [0.1, 0.15) is 0 Å². The van der Waals surface area contributed by atoms with Crippen LogP contribution in [-0.2, 0) is 6.18 Å². The van der Waals surface area contributed by atoms with Gasteiger partial charge in [-0.2, -0.15) is 13.2 Å². The molecule has 0 radical (unpaired) electrons. The third-order valence-corrected chi connectivity index (χ3v) is 1.86. The fourth-order valence-electron chi connectivity index (χ4n) is 0.997. The molecule has 0 saturated heterocycles. The van der Waals surface area contributed by atoms with Crippen LogP contribution in [0.25, 0.3) is 5.57 Å². The molecule has 0 saturated carbocycles. The fraction of sp³-hybridized carbons (Fsp3) is 0.200. The van der Waals surface area contributed by atoms with Gasteiger partial charge in [-0.1, -0.05) is 12.1 Å². The first-order valence-electron chi connectivity index (χ1n) is 3.94. The molecular weight excluding hydrogens is 193 g/mol. The molecule has 0 atom stereocenters. The molecule has 0 bridgehead atoms. The van der Waals surface area contributed by atoms with Crippen LogP contribution in [0.5, 0.6) is 0 Å². The summed E-state index contributed by atoms with van der Waals surface area (Å²) in [5.41, 5.74) is 0.409. The number of aliphatic hydroxyl groups is 1. The van der Waals surface area contributed by atoms with Crippen molar-refractivity contribution in [3.05, 3.63) is 41.7 Å². The minimum absolute atomic E-state index is 0.527. The van der Waals surface area contributed by atoms with E-state index in [1.54, 1.807) is 6.92 Å². The van der Waals surface area contributed by atoms with Crippen molar-refractivity contribution in [3.63, 3.8) is 0 Å². The van der Waals surface area contributed by atoms with Gasteiger partial charge in [0.05, 0.1) is 11.8 Å². The summed E-state index contributed by atoms with van der Waals surface area (Å²) in [4.78, 5) is 0. The Morgan fingerprint density at radius 1 is 1.21 bits per heavy atom. The van der Waals surface area contributed by atoms with Crippen molar-refractivity contribution in [2.24, 2.45) is 0 Å². The Balaban J connectivity index is 3.01. The standard InChI is InChI=1S/C10H9F3O/c1-7(6-14)8-2-4-9(5-3-8)10(11,12)13/h2-6,14H,1H3. The average molecular weight is 202 g/mol. The predicted octanol–water partition coefficient (Wildman–Crippen LogP) is 3.62. The van der Waals surface area contributed by atoms with E-state index in [9.17, 15) is 13.2 Å². The Labute approximate surface area is 79.5 Å². The number of allylic oxidation sites excluding steroid dienone is 1. The van der Waals surface area contributed by atoms with E-state index in [-0.39, 0.29) is 0 Å². The van der Waals surface area contributed by atoms with E-state index in [1.807, 2.05) is 0 Å². The molecule has 0 heterocycles. The molecule has 0 fully saturated rings. The zero-order chi connectivity index (χ0) is 10.8. The van der Waals surface area contributed by atoms with Crippen LogP contribution in [0.3, 0.4) is 0 Å². The van der Waals surface area contributed by atoms with E-state index < -0.39 is 11.7 Å². The van der Waals surface area contributed by atoms with Gasteiger partial charge in [-0.25, -0.2) is 0 Å². The van der Waals surface area contributed by atoms with Gasteiger partial charge >= 0.3 is 6.18 Å². The van der Waals surface area contributed by atoms with Crippen LogP contribution in [0.15, 0.2) is 30.5 Å². The molecule has 4 heteroatoms. The minimum atomic E-state index is -4.31. The maximum atomic E-state index is 12.1. The molecule has 76 valence electrons. The van der Waals surface area contributed by atoms with E-state index in [4.69, 9.17) is 5.11 Å². The summed E-state index contributed by atoms with van der Waals surface area (Å²) < 4.78 is 36.4. The van der Waals surface area contributed by atoms with Crippen molar-refractivity contribution in [3.8, 4) is 0 Å². The van der Waals surface area contributed by atoms with Crippen molar-refractivity contribution in [2.75, 3.05) is 0 Å². The van der Waals surface area contributed by atoms with Gasteiger partial charge in [-0.3, -0.25) is 0 Å². The molecular formula is C10H9F3O. The smallest absolute Gasteiger partial charge is 0.416 e. The number of halogens is 3. The third-order valence-electron chi connectivity index (χ3n) is 1.86. The van der Waals surface area contributed by atoms with Gasteiger partial charge in [0.25, 0.3) is 0 Å². The van der Waals surface area contributed by atoms with Crippen molar-refractivity contribution >= 4 is 5.57 Å². The molecule has 14 heavy (non-hydrogen) atoms. The zero-order valence-electron chi connectivity index (χ0n) is 7.47. The normalized spacial score (nSPS) is 13.0. The Morgan fingerprint density at radius 3 is 2.07 bits per heavy atom. The molecule has 0 aliphatic rings. The van der Waals surface area contributed by atoms with E-state index in [0.717, 1.165) is 18.4 Å². The van der Waals surface area contributed by atoms with E-state index in [0.29, 0.717) is 11.1 Å². The summed E-state index contributed by atoms with van der Waals surface area (Å²) in [6.45, 7) is 1.61. The van der Waals surface area contributed by atoms with Crippen LogP contribution >= 0.6 is 0 Å². The Bertz CT molecular complexity index is 335. The number of aliphatic hydroxyl groups excluding tert-OH is 1. The summed E-state index contributed by atoms with van der Waals surface area (Å²) in [5, 5.41) is 8.63. The molecule has 0 aliphatic carbocycles. The lowest BCUT2D eigenvalue weighted by Crippen LogP contribution is -2.04. The summed E-state index contributed by atoms with van der Waals surface area (Å²) in [6, 6.07) is 4.63. The van der Waals surface area contributed by atoms with Gasteiger partial charge in [0, 0.05) is 0 Å². The molecule has 1 rings (SSSR count). The van der Waals surface area contributed by atoms with E-state index in [1.165, 1.54) is 12.1 Å². The SMILES string of the molecule is CC(=CO)c1ccc(C(F)(F)F)cc1. The summed E-state index contributed by atoms with van der Waals surface area (Å²) in [7, 11) is 0. The van der Waals surface area contributed by atoms with Crippen LogP contribution in [0.1, 0.15) is 18.1 Å². The van der Waals surface area contributed by atoms with Crippen LogP contribution < -0.4 is 0 Å². The number of hydrogen-bond acceptors (Lipinski definition) is 1.